The molecular weight excluding hydrogens is 455 g/mol. The zero-order chi connectivity index (χ0) is 0. The van der Waals surface area contributed by atoms with Gasteiger partial charge in [-0.25, -0.2) is 0 Å². The molecule has 4 heteroatoms. The van der Waals surface area contributed by atoms with Crippen molar-refractivity contribution in [1.29, 1.82) is 0 Å². The van der Waals surface area contributed by atoms with E-state index in [-0.39, 0.29) is 174 Å². The van der Waals surface area contributed by atoms with Gasteiger partial charge < -0.3 is 8.56 Å². The van der Waals surface area contributed by atoms with Gasteiger partial charge in [-0.2, -0.15) is 0 Å². The molecule has 0 rings (SSSR count). The smallest absolute Gasteiger partial charge is 1.00 e. The van der Waals surface area contributed by atoms with Crippen molar-refractivity contribution in [2.45, 2.75) is 0 Å². The van der Waals surface area contributed by atoms with Crippen LogP contribution in [0.1, 0.15) is 8.56 Å². The third-order valence-corrected chi connectivity index (χ3v) is 0. The molecule has 0 nitrogen and oxygen atoms in total. The van der Waals surface area contributed by atoms with Crippen molar-refractivity contribution < 1.29 is 30.9 Å². The molecule has 0 aliphatic heterocycles. The minimum absolute atomic E-state index is 0. The van der Waals surface area contributed by atoms with Crippen molar-refractivity contribution in [3.63, 3.8) is 0 Å². The van der Waals surface area contributed by atoms with Crippen molar-refractivity contribution in [3.05, 3.63) is 0 Å². The van der Waals surface area contributed by atoms with Gasteiger partial charge in [-0.3, -0.25) is 0 Å². The van der Waals surface area contributed by atoms with Crippen LogP contribution in [-0.2, 0) is 22.4 Å². The molecule has 0 aliphatic carbocycles. The first-order valence-corrected chi connectivity index (χ1v) is 0. The van der Waals surface area contributed by atoms with E-state index in [0.29, 0.717) is 0 Å². The molecule has 1 radical (unpaired) electrons. The molecule has 0 N–H and O–H groups in total. The predicted octanol–water partition coefficient (Wildman–Crippen LogP) is -0.470. The summed E-state index contributed by atoms with van der Waals surface area (Å²) < 4.78 is 0. The monoisotopic (exact) mass is 463 g/mol. The summed E-state index contributed by atoms with van der Waals surface area (Å²) in [6, 6.07) is 0. The molecule has 0 saturated heterocycles. The predicted molar refractivity (Wildman–Crippen MR) is 23.9 cm³/mol. The Morgan fingerprint density at radius 2 is 1.00 bits per heavy atom. The van der Waals surface area contributed by atoms with E-state index in [1.54, 1.807) is 0 Å². The van der Waals surface area contributed by atoms with Gasteiger partial charge in [-0.05, 0) is 0 Å². The van der Waals surface area contributed by atoms with Gasteiger partial charge in [0.1, 0.15) is 0 Å². The molecule has 0 heterocycles. The van der Waals surface area contributed by atoms with Crippen molar-refractivity contribution in [2.24, 2.45) is 0 Å². The van der Waals surface area contributed by atoms with Crippen LogP contribution in [0.2, 0.25) is 0 Å². The summed E-state index contributed by atoms with van der Waals surface area (Å²) in [5.74, 6) is 0. The second-order valence-corrected chi connectivity index (χ2v) is 0. The van der Waals surface area contributed by atoms with Crippen LogP contribution < -0.4 is 0 Å². The minimum atomic E-state index is 0. The fourth-order valence-electron chi connectivity index (χ4n) is 0. The molecule has 0 fully saturated rings. The first-order chi connectivity index (χ1) is 0. The van der Waals surface area contributed by atoms with E-state index >= 15 is 0 Å². The van der Waals surface area contributed by atoms with E-state index in [1.807, 2.05) is 0 Å². The van der Waals surface area contributed by atoms with Crippen LogP contribution in [-0.4, -0.2) is 143 Å². The second kappa shape index (κ2) is 15.8. The Hall–Kier alpha value is 5.36. The molecule has 0 aliphatic rings. The average molecular weight is 461 g/mol. The summed E-state index contributed by atoms with van der Waals surface area (Å²) in [6.07, 6.45) is 0. The zero-order valence-corrected chi connectivity index (χ0v) is 17.1. The average Bonchev–Trinajstić information content (AvgIpc) is 0. The Morgan fingerprint density at radius 3 is 1.00 bits per heavy atom. The van der Waals surface area contributed by atoms with Crippen LogP contribution in [0.25, 0.3) is 0 Å². The SMILES string of the molecule is [Ba+2].[Ba+2].[H-].[H-].[H-].[H-].[H-].[H-].[Nb].[Sr+2]. The van der Waals surface area contributed by atoms with E-state index < -0.39 is 0 Å². The fourth-order valence-corrected chi connectivity index (χ4v) is 0. The van der Waals surface area contributed by atoms with Crippen LogP contribution >= 0.6 is 0 Å². The standard InChI is InChI=1S/2Ba.Nb.Sr.6H/q2*+2;;+2;6*-1. The first-order valence-electron chi connectivity index (χ1n) is 0. The van der Waals surface area contributed by atoms with E-state index in [4.69, 9.17) is 0 Å². The minimum Gasteiger partial charge on any atom is -1.00 e. The fraction of sp³-hybridized carbons (Fsp3) is 0. The third kappa shape index (κ3) is 10.4. The molecule has 0 aromatic heterocycles. The normalized spacial score (nSPS) is 0. The summed E-state index contributed by atoms with van der Waals surface area (Å²) in [4.78, 5) is 0. The Morgan fingerprint density at radius 1 is 1.00 bits per heavy atom. The van der Waals surface area contributed by atoms with Gasteiger partial charge in [0.2, 0.25) is 0 Å². The maximum atomic E-state index is 0. The second-order valence-electron chi connectivity index (χ2n) is 0. The van der Waals surface area contributed by atoms with Gasteiger partial charge in [-0.1, -0.05) is 0 Å². The molecule has 17 valence electrons. The maximum Gasteiger partial charge on any atom is 2.00 e. The summed E-state index contributed by atoms with van der Waals surface area (Å²) in [5.41, 5.74) is 0. The van der Waals surface area contributed by atoms with Crippen LogP contribution in [0.5, 0.6) is 0 Å². The van der Waals surface area contributed by atoms with Crippen molar-refractivity contribution in [3.8, 4) is 0 Å². The first kappa shape index (κ1) is 22.8. The van der Waals surface area contributed by atoms with Gasteiger partial charge in [0.15, 0.2) is 0 Å². The topological polar surface area (TPSA) is 0 Å². The molecule has 0 bridgehead atoms. The Bertz CT molecular complexity index is 15.7. The summed E-state index contributed by atoms with van der Waals surface area (Å²) in [5, 5.41) is 0. The van der Waals surface area contributed by atoms with Crippen LogP contribution in [0, 0.1) is 0 Å². The van der Waals surface area contributed by atoms with Crippen LogP contribution in [0.3, 0.4) is 0 Å². The van der Waals surface area contributed by atoms with Crippen molar-refractivity contribution >= 4 is 143 Å². The van der Waals surface area contributed by atoms with Crippen molar-refractivity contribution in [2.75, 3.05) is 0 Å². The zero-order valence-electron chi connectivity index (χ0n) is 8.57. The third-order valence-electron chi connectivity index (χ3n) is 0. The van der Waals surface area contributed by atoms with Gasteiger partial charge in [-0.15, -0.1) is 0 Å². The molecule has 0 atom stereocenters. The molecule has 0 saturated carbocycles. The summed E-state index contributed by atoms with van der Waals surface area (Å²) >= 11 is 0. The number of rotatable bonds is 0. The summed E-state index contributed by atoms with van der Waals surface area (Å²) in [6.45, 7) is 0. The molecule has 0 aromatic carbocycles. The molecular formula is H6Ba2NbSr. The van der Waals surface area contributed by atoms with E-state index in [2.05, 4.69) is 0 Å². The van der Waals surface area contributed by atoms with Gasteiger partial charge in [0.05, 0.1) is 0 Å². The van der Waals surface area contributed by atoms with E-state index in [1.165, 1.54) is 0 Å². The molecule has 0 aromatic rings. The largest absolute Gasteiger partial charge is 2.00 e. The maximum absolute atomic E-state index is 0. The molecule has 0 amide bonds. The molecule has 0 unspecified atom stereocenters. The van der Waals surface area contributed by atoms with Crippen LogP contribution in [0.4, 0.5) is 0 Å². The van der Waals surface area contributed by atoms with Crippen molar-refractivity contribution in [1.82, 2.24) is 0 Å². The van der Waals surface area contributed by atoms with E-state index in [9.17, 15) is 0 Å². The van der Waals surface area contributed by atoms with Gasteiger partial charge in [0, 0.05) is 22.4 Å². The Labute approximate surface area is 168 Å². The summed E-state index contributed by atoms with van der Waals surface area (Å²) in [7, 11) is 0. The van der Waals surface area contributed by atoms with E-state index in [0.717, 1.165) is 0 Å². The molecule has 4 heavy (non-hydrogen) atoms. The van der Waals surface area contributed by atoms with Gasteiger partial charge >= 0.3 is 143 Å². The molecule has 0 spiro atoms. The van der Waals surface area contributed by atoms with Crippen LogP contribution in [0.15, 0.2) is 0 Å². The number of hydrogen-bond acceptors (Lipinski definition) is 0. The Kier molecular flexibility index (Phi) is 89.7. The number of hydrogen-bond donors (Lipinski definition) is 0. The Balaban J connectivity index is 0. The quantitative estimate of drug-likeness (QED) is 0.429. The van der Waals surface area contributed by atoms with Gasteiger partial charge in [0.25, 0.3) is 0 Å².